The summed E-state index contributed by atoms with van der Waals surface area (Å²) in [7, 11) is 1.39. The van der Waals surface area contributed by atoms with Crippen molar-refractivity contribution >= 4 is 12.0 Å². The second-order valence-electron chi connectivity index (χ2n) is 7.30. The number of carbonyl (C=O) groups excluding carboxylic acids is 1. The summed E-state index contributed by atoms with van der Waals surface area (Å²) in [6, 6.07) is 4.47. The molecular weight excluding hydrogens is 432 g/mol. The molecule has 12 nitrogen and oxygen atoms in total. The fourth-order valence-electron chi connectivity index (χ4n) is 3.23. The third kappa shape index (κ3) is 5.54. The number of benzene rings is 1. The normalized spacial score (nSPS) is 35.2. The highest BCUT2D eigenvalue weighted by atomic mass is 16.7. The topological polar surface area (TPSA) is 185 Å². The van der Waals surface area contributed by atoms with E-state index in [0.29, 0.717) is 5.56 Å². The Labute approximate surface area is 182 Å². The number of phenolic OH excluding ortho intramolecular Hbond substituents is 1. The Bertz CT molecular complexity index is 814. The average molecular weight is 458 g/mol. The Kier molecular flexibility index (Phi) is 8.03. The van der Waals surface area contributed by atoms with Crippen molar-refractivity contribution in [1.29, 1.82) is 0 Å². The zero-order chi connectivity index (χ0) is 23.4. The summed E-state index contributed by atoms with van der Waals surface area (Å²) in [5, 5.41) is 59.0. The SMILES string of the molecule is COc1cc(C=CC(=O)OCC2OC(O)C(OC3OCC(O)C(O)C3O)C2O)ccc1O. The van der Waals surface area contributed by atoms with Gasteiger partial charge in [0.2, 0.25) is 0 Å². The first-order chi connectivity index (χ1) is 15.2. The molecule has 0 bridgehead atoms. The van der Waals surface area contributed by atoms with Gasteiger partial charge in [0.15, 0.2) is 24.1 Å². The molecule has 8 atom stereocenters. The van der Waals surface area contributed by atoms with Crippen LogP contribution in [0.25, 0.3) is 6.08 Å². The minimum Gasteiger partial charge on any atom is -0.504 e. The number of hydrogen-bond donors (Lipinski definition) is 6. The highest BCUT2D eigenvalue weighted by Gasteiger charge is 2.48. The molecule has 0 aliphatic carbocycles. The number of carbonyl (C=O) groups is 1. The monoisotopic (exact) mass is 458 g/mol. The molecule has 1 aromatic carbocycles. The van der Waals surface area contributed by atoms with Crippen LogP contribution in [0.1, 0.15) is 5.56 Å². The molecule has 12 heteroatoms. The van der Waals surface area contributed by atoms with Crippen LogP contribution in [-0.4, -0.2) is 106 Å². The first kappa shape index (κ1) is 24.4. The third-order valence-electron chi connectivity index (χ3n) is 5.06. The average Bonchev–Trinajstić information content (AvgIpc) is 3.04. The summed E-state index contributed by atoms with van der Waals surface area (Å²) < 4.78 is 25.6. The minimum atomic E-state index is -1.62. The lowest BCUT2D eigenvalue weighted by Gasteiger charge is -2.36. The summed E-state index contributed by atoms with van der Waals surface area (Å²) in [5.41, 5.74) is 0.566. The molecule has 0 saturated carbocycles. The van der Waals surface area contributed by atoms with E-state index >= 15 is 0 Å². The second kappa shape index (κ2) is 10.6. The maximum atomic E-state index is 12.0. The summed E-state index contributed by atoms with van der Waals surface area (Å²) in [6.45, 7) is -0.724. The van der Waals surface area contributed by atoms with E-state index in [1.807, 2.05) is 0 Å². The molecule has 3 rings (SSSR count). The molecule has 6 N–H and O–H groups in total. The summed E-state index contributed by atoms with van der Waals surface area (Å²) >= 11 is 0. The molecule has 0 amide bonds. The highest BCUT2D eigenvalue weighted by molar-refractivity contribution is 5.87. The fourth-order valence-corrected chi connectivity index (χ4v) is 3.23. The van der Waals surface area contributed by atoms with E-state index in [4.69, 9.17) is 23.7 Å². The Balaban J connectivity index is 1.51. The highest BCUT2D eigenvalue weighted by Crippen LogP contribution is 2.28. The van der Waals surface area contributed by atoms with Gasteiger partial charge in [-0.1, -0.05) is 6.07 Å². The lowest BCUT2D eigenvalue weighted by Crippen LogP contribution is -2.55. The molecule has 2 saturated heterocycles. The summed E-state index contributed by atoms with van der Waals surface area (Å²) in [5.74, 6) is -0.571. The Morgan fingerprint density at radius 3 is 2.62 bits per heavy atom. The van der Waals surface area contributed by atoms with Crippen LogP contribution in [0.15, 0.2) is 24.3 Å². The predicted molar refractivity (Wildman–Crippen MR) is 104 cm³/mol. The Hall–Kier alpha value is -2.29. The number of methoxy groups -OCH3 is 1. The smallest absolute Gasteiger partial charge is 0.330 e. The number of esters is 1. The van der Waals surface area contributed by atoms with Crippen molar-refractivity contribution in [3.05, 3.63) is 29.8 Å². The molecule has 178 valence electrons. The van der Waals surface area contributed by atoms with Crippen molar-refractivity contribution < 1.29 is 59.1 Å². The number of ether oxygens (including phenoxy) is 5. The van der Waals surface area contributed by atoms with Crippen LogP contribution in [-0.2, 0) is 23.7 Å². The maximum absolute atomic E-state index is 12.0. The van der Waals surface area contributed by atoms with Crippen LogP contribution < -0.4 is 4.74 Å². The van der Waals surface area contributed by atoms with Crippen LogP contribution in [0.3, 0.4) is 0 Å². The minimum absolute atomic E-state index is 0.0493. The fraction of sp³-hybridized carbons (Fsp3) is 0.550. The van der Waals surface area contributed by atoms with Crippen molar-refractivity contribution in [2.45, 2.75) is 49.2 Å². The molecule has 32 heavy (non-hydrogen) atoms. The largest absolute Gasteiger partial charge is 0.504 e. The molecule has 2 heterocycles. The van der Waals surface area contributed by atoms with Gasteiger partial charge in [0.05, 0.1) is 13.7 Å². The van der Waals surface area contributed by atoms with E-state index in [9.17, 15) is 35.4 Å². The van der Waals surface area contributed by atoms with Gasteiger partial charge in [-0.2, -0.15) is 0 Å². The van der Waals surface area contributed by atoms with E-state index in [1.54, 1.807) is 6.07 Å². The lowest BCUT2D eigenvalue weighted by molar-refractivity contribution is -0.299. The first-order valence-electron chi connectivity index (χ1n) is 9.76. The number of rotatable bonds is 7. The molecule has 1 aromatic rings. The standard InChI is InChI=1S/C20H26O12/c1-28-12-6-9(2-4-10(12)21)3-5-14(23)29-8-13-16(25)18(19(27)31-13)32-20-17(26)15(24)11(22)7-30-20/h2-6,11,13,15-22,24-27H,7-8H2,1H3. The first-order valence-corrected chi connectivity index (χ1v) is 9.76. The van der Waals surface area contributed by atoms with Gasteiger partial charge in [-0.3, -0.25) is 0 Å². The molecule has 2 aliphatic heterocycles. The molecule has 2 fully saturated rings. The Morgan fingerprint density at radius 2 is 1.91 bits per heavy atom. The van der Waals surface area contributed by atoms with Crippen molar-refractivity contribution in [3.8, 4) is 11.5 Å². The Morgan fingerprint density at radius 1 is 1.16 bits per heavy atom. The van der Waals surface area contributed by atoms with Gasteiger partial charge < -0.3 is 54.3 Å². The van der Waals surface area contributed by atoms with Crippen LogP contribution in [0.5, 0.6) is 11.5 Å². The van der Waals surface area contributed by atoms with E-state index in [1.165, 1.54) is 25.3 Å². The van der Waals surface area contributed by atoms with Crippen LogP contribution in [0.4, 0.5) is 0 Å². The van der Waals surface area contributed by atoms with E-state index in [-0.39, 0.29) is 18.1 Å². The lowest BCUT2D eigenvalue weighted by atomic mass is 10.1. The van der Waals surface area contributed by atoms with Gasteiger partial charge in [-0.25, -0.2) is 4.79 Å². The van der Waals surface area contributed by atoms with Gasteiger partial charge in [0.1, 0.15) is 43.2 Å². The predicted octanol–water partition coefficient (Wildman–Crippen LogP) is -2.14. The molecule has 2 aliphatic rings. The molecule has 8 unspecified atom stereocenters. The molecule has 0 radical (unpaired) electrons. The number of phenols is 1. The van der Waals surface area contributed by atoms with Crippen molar-refractivity contribution in [2.75, 3.05) is 20.3 Å². The van der Waals surface area contributed by atoms with Gasteiger partial charge >= 0.3 is 5.97 Å². The van der Waals surface area contributed by atoms with Gasteiger partial charge in [0, 0.05) is 6.08 Å². The van der Waals surface area contributed by atoms with Crippen LogP contribution in [0, 0.1) is 0 Å². The van der Waals surface area contributed by atoms with Crippen molar-refractivity contribution in [2.24, 2.45) is 0 Å². The molecular formula is C20H26O12. The third-order valence-corrected chi connectivity index (χ3v) is 5.06. The van der Waals surface area contributed by atoms with E-state index in [2.05, 4.69) is 0 Å². The number of hydrogen-bond acceptors (Lipinski definition) is 12. The number of aliphatic hydroxyl groups is 5. The summed E-state index contributed by atoms with van der Waals surface area (Å²) in [4.78, 5) is 12.0. The van der Waals surface area contributed by atoms with Gasteiger partial charge in [-0.05, 0) is 23.8 Å². The second-order valence-corrected chi connectivity index (χ2v) is 7.30. The van der Waals surface area contributed by atoms with Gasteiger partial charge in [-0.15, -0.1) is 0 Å². The van der Waals surface area contributed by atoms with E-state index < -0.39 is 61.8 Å². The number of aromatic hydroxyl groups is 1. The van der Waals surface area contributed by atoms with Crippen LogP contribution >= 0.6 is 0 Å². The molecule has 0 spiro atoms. The molecule has 0 aromatic heterocycles. The maximum Gasteiger partial charge on any atom is 0.330 e. The van der Waals surface area contributed by atoms with Crippen molar-refractivity contribution in [3.63, 3.8) is 0 Å². The zero-order valence-electron chi connectivity index (χ0n) is 17.1. The number of aliphatic hydroxyl groups excluding tert-OH is 5. The van der Waals surface area contributed by atoms with Gasteiger partial charge in [0.25, 0.3) is 0 Å². The van der Waals surface area contributed by atoms with Crippen molar-refractivity contribution in [1.82, 2.24) is 0 Å². The summed E-state index contributed by atoms with van der Waals surface area (Å²) in [6.07, 6.45) is -8.86. The quantitative estimate of drug-likeness (QED) is 0.193. The van der Waals surface area contributed by atoms with E-state index in [0.717, 1.165) is 6.08 Å². The van der Waals surface area contributed by atoms with Crippen LogP contribution in [0.2, 0.25) is 0 Å². The zero-order valence-corrected chi connectivity index (χ0v) is 17.1.